The van der Waals surface area contributed by atoms with E-state index in [4.69, 9.17) is 4.74 Å². The van der Waals surface area contributed by atoms with Crippen LogP contribution in [0.15, 0.2) is 24.3 Å². The number of ether oxygens (including phenoxy) is 1. The molecule has 0 aromatic heterocycles. The van der Waals surface area contributed by atoms with Crippen molar-refractivity contribution in [2.45, 2.75) is 6.42 Å². The summed E-state index contributed by atoms with van der Waals surface area (Å²) in [6.07, 6.45) is 0.718. The molecule has 14 heavy (non-hydrogen) atoms. The molecule has 0 fully saturated rings. The second-order valence-corrected chi connectivity index (χ2v) is 3.17. The van der Waals surface area contributed by atoms with Crippen LogP contribution < -0.4 is 0 Å². The molecular weight excluding hydrogens is 203 g/mol. The zero-order chi connectivity index (χ0) is 10.4. The Labute approximate surface area is 87.5 Å². The van der Waals surface area contributed by atoms with Crippen molar-refractivity contribution in [3.8, 4) is 0 Å². The lowest BCUT2D eigenvalue weighted by atomic mass is 10.2. The van der Waals surface area contributed by atoms with Crippen molar-refractivity contribution in [2.24, 2.45) is 0 Å². The molecule has 0 atom stereocenters. The van der Waals surface area contributed by atoms with Gasteiger partial charge in [0.15, 0.2) is 0 Å². The van der Waals surface area contributed by atoms with E-state index in [1.165, 1.54) is 24.3 Å². The lowest BCUT2D eigenvalue weighted by molar-refractivity contribution is 0.0506. The first-order valence-corrected chi connectivity index (χ1v) is 4.91. The largest absolute Gasteiger partial charge is 0.462 e. The topological polar surface area (TPSA) is 26.3 Å². The average molecular weight is 214 g/mol. The standard InChI is InChI=1S/C10H11FO2S/c11-9-4-2-8(3-5-9)10(12)13-6-1-7-14/h2-5,14H,1,6-7H2. The molecule has 0 heterocycles. The van der Waals surface area contributed by atoms with Gasteiger partial charge in [-0.05, 0) is 36.4 Å². The summed E-state index contributed by atoms with van der Waals surface area (Å²) in [5.74, 6) is -0.111. The van der Waals surface area contributed by atoms with Gasteiger partial charge < -0.3 is 4.74 Å². The van der Waals surface area contributed by atoms with Crippen molar-refractivity contribution in [1.82, 2.24) is 0 Å². The first kappa shape index (κ1) is 11.0. The molecule has 0 bridgehead atoms. The Balaban J connectivity index is 2.48. The van der Waals surface area contributed by atoms with Crippen LogP contribution in [0.25, 0.3) is 0 Å². The van der Waals surface area contributed by atoms with Gasteiger partial charge in [0, 0.05) is 0 Å². The molecule has 1 rings (SSSR count). The third kappa shape index (κ3) is 3.38. The fourth-order valence-corrected chi connectivity index (χ4v) is 1.03. The predicted molar refractivity (Wildman–Crippen MR) is 55.2 cm³/mol. The zero-order valence-electron chi connectivity index (χ0n) is 7.57. The van der Waals surface area contributed by atoms with Crippen LogP contribution in [0.3, 0.4) is 0 Å². The predicted octanol–water partition coefficient (Wildman–Crippen LogP) is 2.30. The summed E-state index contributed by atoms with van der Waals surface area (Å²) in [7, 11) is 0. The summed E-state index contributed by atoms with van der Waals surface area (Å²) in [6, 6.07) is 5.27. The van der Waals surface area contributed by atoms with Crippen molar-refractivity contribution in [3.63, 3.8) is 0 Å². The number of thiol groups is 1. The van der Waals surface area contributed by atoms with E-state index in [0.717, 1.165) is 6.42 Å². The van der Waals surface area contributed by atoms with Crippen molar-refractivity contribution < 1.29 is 13.9 Å². The van der Waals surface area contributed by atoms with Crippen LogP contribution in [0.1, 0.15) is 16.8 Å². The normalized spacial score (nSPS) is 9.86. The van der Waals surface area contributed by atoms with E-state index < -0.39 is 5.97 Å². The van der Waals surface area contributed by atoms with E-state index in [1.807, 2.05) is 0 Å². The van der Waals surface area contributed by atoms with Gasteiger partial charge in [-0.1, -0.05) is 0 Å². The molecule has 0 aliphatic heterocycles. The number of halogens is 1. The van der Waals surface area contributed by atoms with Crippen molar-refractivity contribution in [3.05, 3.63) is 35.6 Å². The zero-order valence-corrected chi connectivity index (χ0v) is 8.47. The van der Waals surface area contributed by atoms with E-state index in [1.54, 1.807) is 0 Å². The smallest absolute Gasteiger partial charge is 0.338 e. The molecule has 0 N–H and O–H groups in total. The maximum atomic E-state index is 12.5. The molecule has 0 aliphatic rings. The number of carbonyl (C=O) groups excluding carboxylic acids is 1. The van der Waals surface area contributed by atoms with Gasteiger partial charge in [0.25, 0.3) is 0 Å². The Bertz CT molecular complexity index is 297. The van der Waals surface area contributed by atoms with Gasteiger partial charge in [-0.15, -0.1) is 0 Å². The maximum absolute atomic E-state index is 12.5. The van der Waals surface area contributed by atoms with Gasteiger partial charge in [0.1, 0.15) is 5.82 Å². The molecule has 0 unspecified atom stereocenters. The quantitative estimate of drug-likeness (QED) is 0.473. The summed E-state index contributed by atoms with van der Waals surface area (Å²) in [5.41, 5.74) is 0.366. The molecule has 1 aromatic carbocycles. The molecule has 2 nitrogen and oxygen atoms in total. The highest BCUT2D eigenvalue weighted by atomic mass is 32.1. The Morgan fingerprint density at radius 2 is 2.00 bits per heavy atom. The summed E-state index contributed by atoms with van der Waals surface area (Å²) in [4.78, 5) is 11.3. The van der Waals surface area contributed by atoms with Gasteiger partial charge in [-0.25, -0.2) is 9.18 Å². The Hall–Kier alpha value is -1.03. The van der Waals surface area contributed by atoms with E-state index in [0.29, 0.717) is 17.9 Å². The highest BCUT2D eigenvalue weighted by Crippen LogP contribution is 2.04. The first-order valence-electron chi connectivity index (χ1n) is 4.27. The van der Waals surface area contributed by atoms with Crippen LogP contribution in [0.2, 0.25) is 0 Å². The Morgan fingerprint density at radius 3 is 2.57 bits per heavy atom. The fraction of sp³-hybridized carbons (Fsp3) is 0.300. The summed E-state index contributed by atoms with van der Waals surface area (Å²) < 4.78 is 17.4. The van der Waals surface area contributed by atoms with Crippen molar-refractivity contribution in [2.75, 3.05) is 12.4 Å². The number of benzene rings is 1. The minimum absolute atomic E-state index is 0.347. The van der Waals surface area contributed by atoms with Crippen LogP contribution in [0.4, 0.5) is 4.39 Å². The first-order chi connectivity index (χ1) is 6.74. The Kier molecular flexibility index (Phi) is 4.46. The number of rotatable bonds is 4. The van der Waals surface area contributed by atoms with Gasteiger partial charge in [0.2, 0.25) is 0 Å². The second-order valence-electron chi connectivity index (χ2n) is 2.72. The Morgan fingerprint density at radius 1 is 1.36 bits per heavy atom. The van der Waals surface area contributed by atoms with Crippen LogP contribution in [0.5, 0.6) is 0 Å². The maximum Gasteiger partial charge on any atom is 0.338 e. The van der Waals surface area contributed by atoms with E-state index in [9.17, 15) is 9.18 Å². The number of hydrogen-bond acceptors (Lipinski definition) is 3. The molecular formula is C10H11FO2S. The van der Waals surface area contributed by atoms with Crippen molar-refractivity contribution in [1.29, 1.82) is 0 Å². The third-order valence-corrected chi connectivity index (χ3v) is 1.93. The van der Waals surface area contributed by atoms with Crippen LogP contribution in [-0.4, -0.2) is 18.3 Å². The number of carbonyl (C=O) groups is 1. The fourth-order valence-electron chi connectivity index (χ4n) is 0.899. The van der Waals surface area contributed by atoms with Crippen LogP contribution in [-0.2, 0) is 4.74 Å². The highest BCUT2D eigenvalue weighted by molar-refractivity contribution is 7.80. The monoisotopic (exact) mass is 214 g/mol. The summed E-state index contributed by atoms with van der Waals surface area (Å²) >= 11 is 3.98. The van der Waals surface area contributed by atoms with Crippen LogP contribution >= 0.6 is 12.6 Å². The molecule has 0 aliphatic carbocycles. The summed E-state index contributed by atoms with van der Waals surface area (Å²) in [6.45, 7) is 0.347. The van der Waals surface area contributed by atoms with Gasteiger partial charge in [-0.3, -0.25) is 0 Å². The SMILES string of the molecule is O=C(OCCCS)c1ccc(F)cc1. The molecule has 76 valence electrons. The lowest BCUT2D eigenvalue weighted by Gasteiger charge is -2.02. The molecule has 0 saturated carbocycles. The minimum Gasteiger partial charge on any atom is -0.462 e. The molecule has 0 radical (unpaired) electrons. The number of hydrogen-bond donors (Lipinski definition) is 1. The van der Waals surface area contributed by atoms with Crippen molar-refractivity contribution >= 4 is 18.6 Å². The van der Waals surface area contributed by atoms with E-state index in [2.05, 4.69) is 12.6 Å². The molecule has 0 spiro atoms. The third-order valence-electron chi connectivity index (χ3n) is 1.62. The average Bonchev–Trinajstić information content (AvgIpc) is 2.19. The lowest BCUT2D eigenvalue weighted by Crippen LogP contribution is -2.06. The van der Waals surface area contributed by atoms with E-state index in [-0.39, 0.29) is 5.82 Å². The second kappa shape index (κ2) is 5.65. The van der Waals surface area contributed by atoms with E-state index >= 15 is 0 Å². The number of esters is 1. The molecule has 0 saturated heterocycles. The molecule has 0 amide bonds. The molecule has 4 heteroatoms. The minimum atomic E-state index is -0.424. The highest BCUT2D eigenvalue weighted by Gasteiger charge is 2.05. The van der Waals surface area contributed by atoms with Gasteiger partial charge >= 0.3 is 5.97 Å². The van der Waals surface area contributed by atoms with Gasteiger partial charge in [0.05, 0.1) is 12.2 Å². The summed E-state index contributed by atoms with van der Waals surface area (Å²) in [5, 5.41) is 0. The van der Waals surface area contributed by atoms with Crippen LogP contribution in [0, 0.1) is 5.82 Å². The van der Waals surface area contributed by atoms with Gasteiger partial charge in [-0.2, -0.15) is 12.6 Å². The molecule has 1 aromatic rings.